The molecule has 0 aliphatic rings. The molecule has 2 aromatic rings. The van der Waals surface area contributed by atoms with Gasteiger partial charge in [-0.1, -0.05) is 0 Å². The summed E-state index contributed by atoms with van der Waals surface area (Å²) in [6, 6.07) is 4.20. The second-order valence-corrected chi connectivity index (χ2v) is 3.78. The van der Waals surface area contributed by atoms with Crippen LogP contribution in [0.3, 0.4) is 0 Å². The normalized spacial score (nSPS) is 11.1. The average molecular weight is 204 g/mol. The van der Waals surface area contributed by atoms with Gasteiger partial charge in [0.25, 0.3) is 0 Å². The van der Waals surface area contributed by atoms with E-state index in [-0.39, 0.29) is 0 Å². The molecule has 3 nitrogen and oxygen atoms in total. The standard InChI is InChI=1S/C12H16N2O/c1-10-5-6-14-11(4-3-7-15-2)9-13-12(14)8-10/h5-6,8-9H,3-4,7H2,1-2H3. The SMILES string of the molecule is COCCCc1cnc2cc(C)ccn12. The first kappa shape index (κ1) is 10.2. The van der Waals surface area contributed by atoms with E-state index < -0.39 is 0 Å². The van der Waals surface area contributed by atoms with E-state index in [1.165, 1.54) is 11.3 Å². The molecule has 0 saturated heterocycles. The molecule has 0 aromatic carbocycles. The molecule has 2 heterocycles. The molecule has 0 unspecified atom stereocenters. The van der Waals surface area contributed by atoms with Gasteiger partial charge in [-0.3, -0.25) is 0 Å². The van der Waals surface area contributed by atoms with Crippen molar-refractivity contribution < 1.29 is 4.74 Å². The Kier molecular flexibility index (Phi) is 3.02. The van der Waals surface area contributed by atoms with E-state index in [2.05, 4.69) is 34.6 Å². The summed E-state index contributed by atoms with van der Waals surface area (Å²) in [4.78, 5) is 4.38. The summed E-state index contributed by atoms with van der Waals surface area (Å²) in [6.07, 6.45) is 6.08. The Hall–Kier alpha value is -1.35. The maximum atomic E-state index is 5.04. The smallest absolute Gasteiger partial charge is 0.137 e. The van der Waals surface area contributed by atoms with Crippen LogP contribution in [0.25, 0.3) is 5.65 Å². The van der Waals surface area contributed by atoms with Gasteiger partial charge in [-0.05, 0) is 37.5 Å². The molecule has 80 valence electrons. The largest absolute Gasteiger partial charge is 0.385 e. The number of aromatic nitrogens is 2. The lowest BCUT2D eigenvalue weighted by Gasteiger charge is -2.01. The molecule has 0 N–H and O–H groups in total. The Morgan fingerprint density at radius 2 is 2.33 bits per heavy atom. The molecule has 0 radical (unpaired) electrons. The number of hydrogen-bond acceptors (Lipinski definition) is 2. The minimum absolute atomic E-state index is 0.805. The van der Waals surface area contributed by atoms with Crippen LogP contribution < -0.4 is 0 Å². The third-order valence-corrected chi connectivity index (χ3v) is 2.53. The summed E-state index contributed by atoms with van der Waals surface area (Å²) in [5, 5.41) is 0. The highest BCUT2D eigenvalue weighted by Crippen LogP contribution is 2.10. The summed E-state index contributed by atoms with van der Waals surface area (Å²) in [5.41, 5.74) is 3.53. The van der Waals surface area contributed by atoms with E-state index in [0.29, 0.717) is 0 Å². The topological polar surface area (TPSA) is 26.5 Å². The lowest BCUT2D eigenvalue weighted by molar-refractivity contribution is 0.195. The van der Waals surface area contributed by atoms with Crippen molar-refractivity contribution in [3.63, 3.8) is 0 Å². The minimum Gasteiger partial charge on any atom is -0.385 e. The van der Waals surface area contributed by atoms with Gasteiger partial charge < -0.3 is 9.14 Å². The first-order valence-corrected chi connectivity index (χ1v) is 5.23. The van der Waals surface area contributed by atoms with Gasteiger partial charge in [-0.25, -0.2) is 4.98 Å². The fourth-order valence-electron chi connectivity index (χ4n) is 1.72. The molecule has 2 aromatic heterocycles. The van der Waals surface area contributed by atoms with Crippen LogP contribution in [0.4, 0.5) is 0 Å². The number of aryl methyl sites for hydroxylation is 2. The van der Waals surface area contributed by atoms with Crippen LogP contribution in [0.15, 0.2) is 24.5 Å². The molecule has 0 fully saturated rings. The lowest BCUT2D eigenvalue weighted by atomic mass is 10.2. The van der Waals surface area contributed by atoms with Gasteiger partial charge in [-0.2, -0.15) is 0 Å². The van der Waals surface area contributed by atoms with Gasteiger partial charge in [0.05, 0.1) is 0 Å². The molecule has 0 spiro atoms. The Bertz CT molecular complexity index is 448. The van der Waals surface area contributed by atoms with Crippen LogP contribution in [0.5, 0.6) is 0 Å². The minimum atomic E-state index is 0.805. The van der Waals surface area contributed by atoms with Crippen LogP contribution in [-0.4, -0.2) is 23.1 Å². The van der Waals surface area contributed by atoms with Crippen molar-refractivity contribution in [3.8, 4) is 0 Å². The van der Waals surface area contributed by atoms with Gasteiger partial charge in [0.2, 0.25) is 0 Å². The molecular formula is C12H16N2O. The lowest BCUT2D eigenvalue weighted by Crippen LogP contribution is -1.96. The number of hydrogen-bond donors (Lipinski definition) is 0. The maximum absolute atomic E-state index is 5.04. The first-order chi connectivity index (χ1) is 7.31. The highest BCUT2D eigenvalue weighted by Gasteiger charge is 2.02. The molecule has 0 atom stereocenters. The van der Waals surface area contributed by atoms with Crippen LogP contribution in [-0.2, 0) is 11.2 Å². The number of rotatable bonds is 4. The van der Waals surface area contributed by atoms with E-state index in [1.807, 2.05) is 6.20 Å². The van der Waals surface area contributed by atoms with Gasteiger partial charge >= 0.3 is 0 Å². The monoisotopic (exact) mass is 204 g/mol. The molecular weight excluding hydrogens is 188 g/mol. The Labute approximate surface area is 89.7 Å². The molecule has 0 aliphatic heterocycles. The van der Waals surface area contributed by atoms with Gasteiger partial charge in [0, 0.05) is 31.8 Å². The van der Waals surface area contributed by atoms with Crippen LogP contribution in [0, 0.1) is 6.92 Å². The van der Waals surface area contributed by atoms with E-state index in [4.69, 9.17) is 4.74 Å². The number of nitrogens with zero attached hydrogens (tertiary/aromatic N) is 2. The summed E-state index contributed by atoms with van der Waals surface area (Å²) >= 11 is 0. The predicted molar refractivity (Wildman–Crippen MR) is 60.1 cm³/mol. The van der Waals surface area contributed by atoms with Crippen molar-refractivity contribution in [2.75, 3.05) is 13.7 Å². The fraction of sp³-hybridized carbons (Fsp3) is 0.417. The third-order valence-electron chi connectivity index (χ3n) is 2.53. The molecule has 15 heavy (non-hydrogen) atoms. The second kappa shape index (κ2) is 4.45. The summed E-state index contributed by atoms with van der Waals surface area (Å²) < 4.78 is 7.18. The van der Waals surface area contributed by atoms with Gasteiger partial charge in [0.1, 0.15) is 5.65 Å². The maximum Gasteiger partial charge on any atom is 0.137 e. The number of imidazole rings is 1. The zero-order valence-electron chi connectivity index (χ0n) is 9.23. The van der Waals surface area contributed by atoms with Crippen LogP contribution in [0.1, 0.15) is 17.7 Å². The van der Waals surface area contributed by atoms with Crippen molar-refractivity contribution in [2.45, 2.75) is 19.8 Å². The molecule has 0 aliphatic carbocycles. The van der Waals surface area contributed by atoms with Crippen molar-refractivity contribution in [1.29, 1.82) is 0 Å². The van der Waals surface area contributed by atoms with Gasteiger partial charge in [-0.15, -0.1) is 0 Å². The van der Waals surface area contributed by atoms with E-state index in [9.17, 15) is 0 Å². The second-order valence-electron chi connectivity index (χ2n) is 3.78. The van der Waals surface area contributed by atoms with Crippen molar-refractivity contribution in [1.82, 2.24) is 9.38 Å². The summed E-state index contributed by atoms with van der Waals surface area (Å²) in [6.45, 7) is 2.89. The highest BCUT2D eigenvalue weighted by molar-refractivity contribution is 5.42. The molecule has 2 rings (SSSR count). The van der Waals surface area contributed by atoms with Crippen molar-refractivity contribution >= 4 is 5.65 Å². The third kappa shape index (κ3) is 2.18. The molecule has 3 heteroatoms. The van der Waals surface area contributed by atoms with E-state index in [1.54, 1.807) is 7.11 Å². The highest BCUT2D eigenvalue weighted by atomic mass is 16.5. The Balaban J connectivity index is 2.21. The van der Waals surface area contributed by atoms with Crippen LogP contribution >= 0.6 is 0 Å². The Morgan fingerprint density at radius 3 is 3.13 bits per heavy atom. The molecule has 0 saturated carbocycles. The average Bonchev–Trinajstić information content (AvgIpc) is 2.61. The summed E-state index contributed by atoms with van der Waals surface area (Å²) in [5.74, 6) is 0. The van der Waals surface area contributed by atoms with Crippen molar-refractivity contribution in [3.05, 3.63) is 35.8 Å². The predicted octanol–water partition coefficient (Wildman–Crippen LogP) is 2.22. The van der Waals surface area contributed by atoms with Gasteiger partial charge in [0.15, 0.2) is 0 Å². The zero-order chi connectivity index (χ0) is 10.7. The fourth-order valence-corrected chi connectivity index (χ4v) is 1.72. The zero-order valence-corrected chi connectivity index (χ0v) is 9.23. The van der Waals surface area contributed by atoms with E-state index in [0.717, 1.165) is 25.1 Å². The van der Waals surface area contributed by atoms with Crippen molar-refractivity contribution in [2.24, 2.45) is 0 Å². The number of pyridine rings is 1. The summed E-state index contributed by atoms with van der Waals surface area (Å²) in [7, 11) is 1.73. The van der Waals surface area contributed by atoms with Crippen LogP contribution in [0.2, 0.25) is 0 Å². The first-order valence-electron chi connectivity index (χ1n) is 5.23. The number of methoxy groups -OCH3 is 1. The number of ether oxygens (including phenoxy) is 1. The quantitative estimate of drug-likeness (QED) is 0.714. The molecule has 0 amide bonds. The molecule has 0 bridgehead atoms. The Morgan fingerprint density at radius 1 is 1.47 bits per heavy atom. The number of fused-ring (bicyclic) bond motifs is 1. The van der Waals surface area contributed by atoms with E-state index >= 15 is 0 Å².